The van der Waals surface area contributed by atoms with Crippen molar-refractivity contribution in [2.24, 2.45) is 4.99 Å². The van der Waals surface area contributed by atoms with E-state index in [1.165, 1.54) is 9.87 Å². The highest BCUT2D eigenvalue weighted by atomic mass is 32.2. The van der Waals surface area contributed by atoms with Crippen LogP contribution in [0.15, 0.2) is 64.5 Å². The van der Waals surface area contributed by atoms with Gasteiger partial charge in [-0.15, -0.1) is 0 Å². The van der Waals surface area contributed by atoms with E-state index in [0.29, 0.717) is 23.9 Å². The first kappa shape index (κ1) is 20.9. The fourth-order valence-electron chi connectivity index (χ4n) is 2.41. The van der Waals surface area contributed by atoms with Crippen molar-refractivity contribution >= 4 is 16.0 Å². The molecule has 6 nitrogen and oxygen atoms in total. The molecule has 0 saturated carbocycles. The zero-order valence-electron chi connectivity index (χ0n) is 16.3. The van der Waals surface area contributed by atoms with Crippen LogP contribution in [0.3, 0.4) is 0 Å². The van der Waals surface area contributed by atoms with Gasteiger partial charge >= 0.3 is 0 Å². The Bertz CT molecular complexity index is 847. The number of guanidine groups is 1. The molecule has 0 radical (unpaired) electrons. The van der Waals surface area contributed by atoms with Gasteiger partial charge in [0, 0.05) is 33.2 Å². The highest BCUT2D eigenvalue weighted by Crippen LogP contribution is 2.17. The minimum Gasteiger partial charge on any atom is -0.352 e. The van der Waals surface area contributed by atoms with Gasteiger partial charge < -0.3 is 10.6 Å². The molecule has 2 aromatic rings. The van der Waals surface area contributed by atoms with E-state index >= 15 is 0 Å². The van der Waals surface area contributed by atoms with Gasteiger partial charge in [0.1, 0.15) is 0 Å². The van der Waals surface area contributed by atoms with Crippen LogP contribution >= 0.6 is 0 Å². The van der Waals surface area contributed by atoms with E-state index < -0.39 is 10.0 Å². The van der Waals surface area contributed by atoms with Gasteiger partial charge in [0.15, 0.2) is 5.96 Å². The van der Waals surface area contributed by atoms with E-state index in [-0.39, 0.29) is 6.04 Å². The molecule has 0 amide bonds. The molecule has 0 saturated heterocycles. The molecule has 0 unspecified atom stereocenters. The third kappa shape index (κ3) is 5.80. The minimum atomic E-state index is -3.45. The fourth-order valence-corrected chi connectivity index (χ4v) is 3.78. The van der Waals surface area contributed by atoms with Crippen molar-refractivity contribution in [2.45, 2.75) is 37.9 Å². The summed E-state index contributed by atoms with van der Waals surface area (Å²) >= 11 is 0. The van der Waals surface area contributed by atoms with E-state index in [1.807, 2.05) is 56.3 Å². The maximum atomic E-state index is 12.5. The molecule has 0 heterocycles. The summed E-state index contributed by atoms with van der Waals surface area (Å²) < 4.78 is 26.4. The number of nitrogens with one attached hydrogen (secondary N) is 2. The number of hydrogen-bond acceptors (Lipinski definition) is 3. The fraction of sp³-hybridized carbons (Fsp3) is 0.350. The van der Waals surface area contributed by atoms with Crippen molar-refractivity contribution in [1.29, 1.82) is 0 Å². The van der Waals surface area contributed by atoms with Crippen molar-refractivity contribution in [2.75, 3.05) is 14.1 Å². The summed E-state index contributed by atoms with van der Waals surface area (Å²) in [6.45, 7) is 4.93. The average molecular weight is 389 g/mol. The number of rotatable bonds is 7. The molecule has 2 aromatic carbocycles. The van der Waals surface area contributed by atoms with Gasteiger partial charge in [-0.25, -0.2) is 8.42 Å². The molecule has 27 heavy (non-hydrogen) atoms. The van der Waals surface area contributed by atoms with E-state index in [1.54, 1.807) is 26.2 Å². The van der Waals surface area contributed by atoms with Crippen LogP contribution in [0.5, 0.6) is 0 Å². The first-order valence-electron chi connectivity index (χ1n) is 8.90. The average Bonchev–Trinajstić information content (AvgIpc) is 2.68. The minimum absolute atomic E-state index is 0.0876. The topological polar surface area (TPSA) is 73.8 Å². The van der Waals surface area contributed by atoms with Crippen LogP contribution in [-0.4, -0.2) is 38.8 Å². The Hall–Kier alpha value is -2.38. The third-order valence-electron chi connectivity index (χ3n) is 4.31. The second kappa shape index (κ2) is 9.53. The van der Waals surface area contributed by atoms with Crippen molar-refractivity contribution < 1.29 is 8.42 Å². The summed E-state index contributed by atoms with van der Waals surface area (Å²) in [5.41, 5.74) is 2.15. The number of nitrogens with zero attached hydrogens (tertiary/aromatic N) is 2. The van der Waals surface area contributed by atoms with Crippen LogP contribution in [0.4, 0.5) is 0 Å². The summed E-state index contributed by atoms with van der Waals surface area (Å²) in [5.74, 6) is 0.690. The van der Waals surface area contributed by atoms with E-state index in [2.05, 4.69) is 15.6 Å². The molecule has 0 bridgehead atoms. The van der Waals surface area contributed by atoms with Gasteiger partial charge in [0.25, 0.3) is 0 Å². The summed E-state index contributed by atoms with van der Waals surface area (Å²) in [6.07, 6.45) is 0. The largest absolute Gasteiger partial charge is 0.352 e. The van der Waals surface area contributed by atoms with Gasteiger partial charge in [-0.1, -0.05) is 42.5 Å². The van der Waals surface area contributed by atoms with Gasteiger partial charge in [0.05, 0.1) is 4.90 Å². The van der Waals surface area contributed by atoms with Crippen LogP contribution in [0, 0.1) is 0 Å². The molecule has 0 spiro atoms. The van der Waals surface area contributed by atoms with E-state index in [0.717, 1.165) is 5.56 Å². The molecule has 2 rings (SSSR count). The Labute approximate surface area is 162 Å². The van der Waals surface area contributed by atoms with Gasteiger partial charge in [-0.2, -0.15) is 4.31 Å². The summed E-state index contributed by atoms with van der Waals surface area (Å²) in [7, 11) is -0.138. The predicted molar refractivity (Wildman–Crippen MR) is 110 cm³/mol. The SMILES string of the molecule is CN=C(NCc1ccccc1)NCc1ccc(S(=O)(=O)N(C)C(C)C)cc1. The number of aliphatic imine (C=N–C) groups is 1. The molecular weight excluding hydrogens is 360 g/mol. The number of hydrogen-bond donors (Lipinski definition) is 2. The summed E-state index contributed by atoms with van der Waals surface area (Å²) in [4.78, 5) is 4.51. The molecule has 0 aliphatic heterocycles. The lowest BCUT2D eigenvalue weighted by Crippen LogP contribution is -2.36. The molecule has 0 aliphatic carbocycles. The molecule has 0 fully saturated rings. The van der Waals surface area contributed by atoms with Crippen molar-refractivity contribution in [3.8, 4) is 0 Å². The van der Waals surface area contributed by atoms with Gasteiger partial charge in [0.2, 0.25) is 10.0 Å². The monoisotopic (exact) mass is 388 g/mol. The highest BCUT2D eigenvalue weighted by Gasteiger charge is 2.22. The molecule has 2 N–H and O–H groups in total. The molecule has 0 aromatic heterocycles. The van der Waals surface area contributed by atoms with Crippen LogP contribution < -0.4 is 10.6 Å². The Morgan fingerprint density at radius 2 is 1.48 bits per heavy atom. The second-order valence-electron chi connectivity index (χ2n) is 6.52. The van der Waals surface area contributed by atoms with E-state index in [9.17, 15) is 8.42 Å². The third-order valence-corrected chi connectivity index (χ3v) is 6.36. The van der Waals surface area contributed by atoms with Crippen LogP contribution in [0.2, 0.25) is 0 Å². The first-order valence-corrected chi connectivity index (χ1v) is 10.3. The lowest BCUT2D eigenvalue weighted by atomic mass is 10.2. The first-order chi connectivity index (χ1) is 12.8. The standard InChI is InChI=1S/C20H28N4O2S/c1-16(2)24(4)27(25,26)19-12-10-18(11-13-19)15-23-20(21-3)22-14-17-8-6-5-7-9-17/h5-13,16H,14-15H2,1-4H3,(H2,21,22,23). The lowest BCUT2D eigenvalue weighted by Gasteiger charge is -2.21. The molecule has 146 valence electrons. The Morgan fingerprint density at radius 3 is 1.96 bits per heavy atom. The van der Waals surface area contributed by atoms with Gasteiger partial charge in [-0.05, 0) is 37.1 Å². The van der Waals surface area contributed by atoms with Crippen molar-refractivity contribution in [1.82, 2.24) is 14.9 Å². The maximum Gasteiger partial charge on any atom is 0.243 e. The normalized spacial score (nSPS) is 12.4. The lowest BCUT2D eigenvalue weighted by molar-refractivity contribution is 0.410. The van der Waals surface area contributed by atoms with E-state index in [4.69, 9.17) is 0 Å². The number of sulfonamides is 1. The Balaban J connectivity index is 1.94. The van der Waals surface area contributed by atoms with Gasteiger partial charge in [-0.3, -0.25) is 4.99 Å². The van der Waals surface area contributed by atoms with Crippen LogP contribution in [0.25, 0.3) is 0 Å². The smallest absolute Gasteiger partial charge is 0.243 e. The van der Waals surface area contributed by atoms with Crippen LogP contribution in [-0.2, 0) is 23.1 Å². The van der Waals surface area contributed by atoms with Crippen molar-refractivity contribution in [3.05, 3.63) is 65.7 Å². The van der Waals surface area contributed by atoms with Crippen LogP contribution in [0.1, 0.15) is 25.0 Å². The molecule has 7 heteroatoms. The Kier molecular flexibility index (Phi) is 7.38. The second-order valence-corrected chi connectivity index (χ2v) is 8.52. The zero-order chi connectivity index (χ0) is 19.9. The predicted octanol–water partition coefficient (Wildman–Crippen LogP) is 2.58. The zero-order valence-corrected chi connectivity index (χ0v) is 17.1. The highest BCUT2D eigenvalue weighted by molar-refractivity contribution is 7.89. The van der Waals surface area contributed by atoms with Crippen molar-refractivity contribution in [3.63, 3.8) is 0 Å². The summed E-state index contributed by atoms with van der Waals surface area (Å²) in [6, 6.07) is 16.9. The maximum absolute atomic E-state index is 12.5. The number of benzene rings is 2. The quantitative estimate of drug-likeness (QED) is 0.565. The molecular formula is C20H28N4O2S. The molecule has 0 aliphatic rings. The summed E-state index contributed by atoms with van der Waals surface area (Å²) in [5, 5.41) is 6.49. The Morgan fingerprint density at radius 1 is 0.963 bits per heavy atom. The molecule has 0 atom stereocenters.